The van der Waals surface area contributed by atoms with Crippen molar-refractivity contribution in [1.82, 2.24) is 5.32 Å². The van der Waals surface area contributed by atoms with Gasteiger partial charge in [-0.1, -0.05) is 0 Å². The molecule has 74 valence electrons. The summed E-state index contributed by atoms with van der Waals surface area (Å²) in [6.07, 6.45) is 0.539. The van der Waals surface area contributed by atoms with Crippen LogP contribution in [0.4, 0.5) is 4.39 Å². The second-order valence-corrected chi connectivity index (χ2v) is 2.89. The molecule has 0 radical (unpaired) electrons. The van der Waals surface area contributed by atoms with E-state index in [4.69, 9.17) is 0 Å². The van der Waals surface area contributed by atoms with Gasteiger partial charge in [0.15, 0.2) is 6.29 Å². The summed E-state index contributed by atoms with van der Waals surface area (Å²) < 4.78 is 13.1. The molecule has 0 unspecified atom stereocenters. The van der Waals surface area contributed by atoms with Gasteiger partial charge in [0.2, 0.25) is 0 Å². The zero-order chi connectivity index (χ0) is 10.7. The number of nitrogens with one attached hydrogen (secondary N) is 1. The zero-order valence-corrected chi connectivity index (χ0v) is 7.93. The van der Waals surface area contributed by atoms with Crippen LogP contribution in [0.3, 0.4) is 0 Å². The molecule has 1 aromatic rings. The molecule has 0 bridgehead atoms. The van der Waals surface area contributed by atoms with Gasteiger partial charge in [-0.3, -0.25) is 9.59 Å². The van der Waals surface area contributed by atoms with E-state index in [0.29, 0.717) is 11.8 Å². The third-order valence-electron chi connectivity index (χ3n) is 1.93. The smallest absolute Gasteiger partial charge is 0.251 e. The van der Waals surface area contributed by atoms with Crippen molar-refractivity contribution in [3.05, 3.63) is 34.6 Å². The van der Waals surface area contributed by atoms with Gasteiger partial charge in [-0.15, -0.1) is 0 Å². The molecule has 14 heavy (non-hydrogen) atoms. The van der Waals surface area contributed by atoms with E-state index < -0.39 is 11.7 Å². The third-order valence-corrected chi connectivity index (χ3v) is 1.93. The molecule has 0 aliphatic rings. The maximum Gasteiger partial charge on any atom is 0.251 e. The van der Waals surface area contributed by atoms with Crippen LogP contribution >= 0.6 is 0 Å². The van der Waals surface area contributed by atoms with Crippen molar-refractivity contribution in [1.29, 1.82) is 0 Å². The van der Waals surface area contributed by atoms with Gasteiger partial charge in [0, 0.05) is 12.6 Å². The lowest BCUT2D eigenvalue weighted by Crippen LogP contribution is -2.20. The van der Waals surface area contributed by atoms with Crippen molar-refractivity contribution in [2.24, 2.45) is 0 Å². The first-order chi connectivity index (χ1) is 6.60. The largest absolute Gasteiger partial charge is 0.355 e. The first-order valence-electron chi connectivity index (χ1n) is 4.07. The minimum absolute atomic E-state index is 0.0607. The molecule has 0 spiro atoms. The normalized spacial score (nSPS) is 9.64. The van der Waals surface area contributed by atoms with Gasteiger partial charge in [0.25, 0.3) is 5.91 Å². The molecule has 4 heteroatoms. The van der Waals surface area contributed by atoms with Gasteiger partial charge < -0.3 is 5.32 Å². The fourth-order valence-corrected chi connectivity index (χ4v) is 1.13. The summed E-state index contributed by atoms with van der Waals surface area (Å²) in [6, 6.07) is 2.42. The summed E-state index contributed by atoms with van der Waals surface area (Å²) >= 11 is 0. The van der Waals surface area contributed by atoms with E-state index in [1.807, 2.05) is 0 Å². The lowest BCUT2D eigenvalue weighted by Gasteiger charge is -2.05. The standard InChI is InChI=1S/C10H10FNO2/c1-6-3-7(5-13)8(4-9(6)11)10(14)12-2/h3-5H,1-2H3,(H,12,14). The highest BCUT2D eigenvalue weighted by Gasteiger charge is 2.12. The number of aldehydes is 1. The summed E-state index contributed by atoms with van der Waals surface area (Å²) in [6.45, 7) is 1.54. The van der Waals surface area contributed by atoms with Gasteiger partial charge >= 0.3 is 0 Å². The Hall–Kier alpha value is -1.71. The molecular weight excluding hydrogens is 185 g/mol. The average Bonchev–Trinajstić information content (AvgIpc) is 2.20. The number of rotatable bonds is 2. The Morgan fingerprint density at radius 2 is 2.14 bits per heavy atom. The maximum atomic E-state index is 13.1. The molecule has 1 N–H and O–H groups in total. The van der Waals surface area contributed by atoms with Gasteiger partial charge in [0.1, 0.15) is 5.82 Å². The van der Waals surface area contributed by atoms with Crippen molar-refractivity contribution in [3.63, 3.8) is 0 Å². The molecule has 1 amide bonds. The monoisotopic (exact) mass is 195 g/mol. The van der Waals surface area contributed by atoms with Crippen LogP contribution in [0.2, 0.25) is 0 Å². The Morgan fingerprint density at radius 3 is 2.64 bits per heavy atom. The number of halogens is 1. The van der Waals surface area contributed by atoms with Crippen LogP contribution in [0.1, 0.15) is 26.3 Å². The molecule has 3 nitrogen and oxygen atoms in total. The molecule has 0 heterocycles. The van der Waals surface area contributed by atoms with E-state index >= 15 is 0 Å². The first-order valence-corrected chi connectivity index (χ1v) is 4.07. The predicted octanol–water partition coefficient (Wildman–Crippen LogP) is 1.31. The molecular formula is C10H10FNO2. The van der Waals surface area contributed by atoms with Crippen LogP contribution in [0.25, 0.3) is 0 Å². The van der Waals surface area contributed by atoms with Gasteiger partial charge in [-0.2, -0.15) is 0 Å². The number of hydrogen-bond donors (Lipinski definition) is 1. The van der Waals surface area contributed by atoms with Crippen LogP contribution in [0, 0.1) is 12.7 Å². The van der Waals surface area contributed by atoms with Gasteiger partial charge in [0.05, 0.1) is 5.56 Å². The van der Waals surface area contributed by atoms with E-state index in [2.05, 4.69) is 5.32 Å². The number of carbonyl (C=O) groups is 2. The number of aryl methyl sites for hydroxylation is 1. The van der Waals surface area contributed by atoms with Crippen LogP contribution in [-0.2, 0) is 0 Å². The minimum Gasteiger partial charge on any atom is -0.355 e. The van der Waals surface area contributed by atoms with Crippen LogP contribution in [0.15, 0.2) is 12.1 Å². The minimum atomic E-state index is -0.491. The van der Waals surface area contributed by atoms with E-state index in [1.165, 1.54) is 20.0 Å². The van der Waals surface area contributed by atoms with E-state index in [0.717, 1.165) is 6.07 Å². The van der Waals surface area contributed by atoms with Crippen LogP contribution in [-0.4, -0.2) is 19.2 Å². The summed E-state index contributed by atoms with van der Waals surface area (Å²) in [5, 5.41) is 2.34. The fourth-order valence-electron chi connectivity index (χ4n) is 1.13. The topological polar surface area (TPSA) is 46.2 Å². The summed E-state index contributed by atoms with van der Waals surface area (Å²) in [4.78, 5) is 21.8. The summed E-state index contributed by atoms with van der Waals surface area (Å²) in [5.41, 5.74) is 0.605. The lowest BCUT2D eigenvalue weighted by atomic mass is 10.0. The van der Waals surface area contributed by atoms with Crippen molar-refractivity contribution in [3.8, 4) is 0 Å². The molecule has 0 aliphatic heterocycles. The third kappa shape index (κ3) is 1.79. The number of carbonyl (C=O) groups excluding carboxylic acids is 2. The Balaban J connectivity index is 3.34. The number of benzene rings is 1. The van der Waals surface area contributed by atoms with Crippen LogP contribution in [0.5, 0.6) is 0 Å². The second kappa shape index (κ2) is 4.00. The molecule has 0 fully saturated rings. The highest BCUT2D eigenvalue weighted by molar-refractivity contribution is 6.01. The molecule has 0 saturated heterocycles. The fraction of sp³-hybridized carbons (Fsp3) is 0.200. The highest BCUT2D eigenvalue weighted by atomic mass is 19.1. The van der Waals surface area contributed by atoms with Crippen molar-refractivity contribution < 1.29 is 14.0 Å². The molecule has 0 aromatic heterocycles. The van der Waals surface area contributed by atoms with Crippen molar-refractivity contribution in [2.75, 3.05) is 7.05 Å². The quantitative estimate of drug-likeness (QED) is 0.723. The average molecular weight is 195 g/mol. The van der Waals surface area contributed by atoms with Crippen molar-refractivity contribution in [2.45, 2.75) is 6.92 Å². The second-order valence-electron chi connectivity index (χ2n) is 2.89. The van der Waals surface area contributed by atoms with Crippen LogP contribution < -0.4 is 5.32 Å². The van der Waals surface area contributed by atoms with Crippen molar-refractivity contribution >= 4 is 12.2 Å². The number of hydrogen-bond acceptors (Lipinski definition) is 2. The van der Waals surface area contributed by atoms with Gasteiger partial charge in [-0.25, -0.2) is 4.39 Å². The molecule has 0 aliphatic carbocycles. The maximum absolute atomic E-state index is 13.1. The highest BCUT2D eigenvalue weighted by Crippen LogP contribution is 2.13. The van der Waals surface area contributed by atoms with E-state index in [-0.39, 0.29) is 11.1 Å². The SMILES string of the molecule is CNC(=O)c1cc(F)c(C)cc1C=O. The molecule has 1 rings (SSSR count). The number of amides is 1. The Kier molecular flexibility index (Phi) is 2.96. The molecule has 0 atom stereocenters. The van der Waals surface area contributed by atoms with E-state index in [9.17, 15) is 14.0 Å². The Morgan fingerprint density at radius 1 is 1.50 bits per heavy atom. The first kappa shape index (κ1) is 10.4. The Labute approximate surface area is 80.9 Å². The molecule has 0 saturated carbocycles. The summed E-state index contributed by atoms with van der Waals surface area (Å²) in [7, 11) is 1.43. The van der Waals surface area contributed by atoms with E-state index in [1.54, 1.807) is 0 Å². The molecule has 1 aromatic carbocycles. The predicted molar refractivity (Wildman–Crippen MR) is 49.9 cm³/mol. The lowest BCUT2D eigenvalue weighted by molar-refractivity contribution is 0.0957. The zero-order valence-electron chi connectivity index (χ0n) is 7.93. The van der Waals surface area contributed by atoms with Gasteiger partial charge in [-0.05, 0) is 24.6 Å². The summed E-state index contributed by atoms with van der Waals surface area (Å²) in [5.74, 6) is -0.958. The Bertz CT molecular complexity index is 388.